The molecule has 20 heavy (non-hydrogen) atoms. The van der Waals surface area contributed by atoms with Crippen molar-refractivity contribution in [2.45, 2.75) is 12.8 Å². The maximum absolute atomic E-state index is 12.2. The molecular weight excluding hydrogens is 280 g/mol. The largest absolute Gasteiger partial charge is 0.357 e. The smallest absolute Gasteiger partial charge is 0.270 e. The second-order valence-electron chi connectivity index (χ2n) is 4.75. The van der Waals surface area contributed by atoms with Gasteiger partial charge in [-0.1, -0.05) is 0 Å². The molecule has 112 valence electrons. The van der Waals surface area contributed by atoms with Crippen molar-refractivity contribution in [1.82, 2.24) is 15.2 Å². The van der Waals surface area contributed by atoms with Gasteiger partial charge >= 0.3 is 0 Å². The Morgan fingerprint density at radius 2 is 2.30 bits per heavy atom. The van der Waals surface area contributed by atoms with E-state index >= 15 is 0 Å². The van der Waals surface area contributed by atoms with Gasteiger partial charge in [0.05, 0.1) is 5.92 Å². The summed E-state index contributed by atoms with van der Waals surface area (Å²) < 4.78 is 0. The predicted octanol–water partition coefficient (Wildman–Crippen LogP) is 0.364. The first kappa shape index (κ1) is 16.5. The molecule has 2 amide bonds. The van der Waals surface area contributed by atoms with E-state index in [9.17, 15) is 9.59 Å². The van der Waals surface area contributed by atoms with Gasteiger partial charge in [-0.15, -0.1) is 12.4 Å². The van der Waals surface area contributed by atoms with E-state index in [-0.39, 0.29) is 30.1 Å². The lowest BCUT2D eigenvalue weighted by atomic mass is 9.97. The second kappa shape index (κ2) is 7.91. The van der Waals surface area contributed by atoms with Crippen molar-refractivity contribution in [2.24, 2.45) is 11.7 Å². The Morgan fingerprint density at radius 1 is 1.50 bits per heavy atom. The Kier molecular flexibility index (Phi) is 6.54. The Morgan fingerprint density at radius 3 is 2.95 bits per heavy atom. The first-order valence-electron chi connectivity index (χ1n) is 6.63. The number of amides is 2. The van der Waals surface area contributed by atoms with Crippen LogP contribution in [0.15, 0.2) is 18.3 Å². The van der Waals surface area contributed by atoms with Gasteiger partial charge in [-0.3, -0.25) is 9.59 Å². The van der Waals surface area contributed by atoms with Gasteiger partial charge in [0.15, 0.2) is 0 Å². The highest BCUT2D eigenvalue weighted by atomic mass is 35.5. The number of carbonyl (C=O) groups is 2. The Hall–Kier alpha value is -1.53. The third-order valence-electron chi connectivity index (χ3n) is 3.35. The number of nitrogens with one attached hydrogen (secondary N) is 2. The van der Waals surface area contributed by atoms with E-state index in [0.29, 0.717) is 31.9 Å². The summed E-state index contributed by atoms with van der Waals surface area (Å²) in [5.74, 6) is -0.171. The van der Waals surface area contributed by atoms with Gasteiger partial charge in [-0.2, -0.15) is 0 Å². The molecule has 1 atom stereocenters. The standard InChI is InChI=1S/C13H20N4O2.ClH/c14-5-7-16-12(18)10-3-2-8-17(9-10)13(19)11-4-1-6-15-11;/h1,4,6,10,15H,2-3,5,7-9,14H2,(H,16,18);1H. The number of nitrogens with two attached hydrogens (primary N) is 1. The van der Waals surface area contributed by atoms with Gasteiger partial charge in [0.1, 0.15) is 5.69 Å². The minimum atomic E-state index is -0.126. The van der Waals surface area contributed by atoms with Crippen LogP contribution in [0.1, 0.15) is 23.3 Å². The van der Waals surface area contributed by atoms with Crippen molar-refractivity contribution in [2.75, 3.05) is 26.2 Å². The van der Waals surface area contributed by atoms with E-state index < -0.39 is 0 Å². The molecule has 0 bridgehead atoms. The molecule has 2 rings (SSSR count). The van der Waals surface area contributed by atoms with Crippen LogP contribution in [0.5, 0.6) is 0 Å². The average Bonchev–Trinajstić information content (AvgIpc) is 2.98. The molecule has 0 saturated carbocycles. The van der Waals surface area contributed by atoms with Crippen LogP contribution < -0.4 is 11.1 Å². The van der Waals surface area contributed by atoms with Crippen molar-refractivity contribution in [3.05, 3.63) is 24.0 Å². The number of aromatic nitrogens is 1. The zero-order chi connectivity index (χ0) is 13.7. The monoisotopic (exact) mass is 300 g/mol. The van der Waals surface area contributed by atoms with Crippen molar-refractivity contribution < 1.29 is 9.59 Å². The molecule has 0 radical (unpaired) electrons. The maximum atomic E-state index is 12.2. The number of piperidine rings is 1. The lowest BCUT2D eigenvalue weighted by Crippen LogP contribution is -2.46. The fourth-order valence-electron chi connectivity index (χ4n) is 2.35. The molecule has 6 nitrogen and oxygen atoms in total. The molecule has 7 heteroatoms. The predicted molar refractivity (Wildman–Crippen MR) is 78.7 cm³/mol. The summed E-state index contributed by atoms with van der Waals surface area (Å²) in [6.07, 6.45) is 3.40. The van der Waals surface area contributed by atoms with Crippen LogP contribution in [-0.2, 0) is 4.79 Å². The zero-order valence-corrected chi connectivity index (χ0v) is 12.1. The molecule has 4 N–H and O–H groups in total. The molecule has 2 heterocycles. The molecular formula is C13H21ClN4O2. The summed E-state index contributed by atoms with van der Waals surface area (Å²) in [5.41, 5.74) is 5.93. The summed E-state index contributed by atoms with van der Waals surface area (Å²) in [4.78, 5) is 28.7. The van der Waals surface area contributed by atoms with E-state index in [1.54, 1.807) is 23.2 Å². The zero-order valence-electron chi connectivity index (χ0n) is 11.3. The number of carbonyl (C=O) groups excluding carboxylic acids is 2. The van der Waals surface area contributed by atoms with E-state index in [0.717, 1.165) is 12.8 Å². The van der Waals surface area contributed by atoms with Crippen LogP contribution in [-0.4, -0.2) is 47.9 Å². The van der Waals surface area contributed by atoms with Gasteiger partial charge in [0.2, 0.25) is 5.91 Å². The Balaban J connectivity index is 0.00000200. The van der Waals surface area contributed by atoms with Crippen LogP contribution in [0.25, 0.3) is 0 Å². The topological polar surface area (TPSA) is 91.2 Å². The SMILES string of the molecule is Cl.NCCNC(=O)C1CCCN(C(=O)c2ccc[nH]2)C1. The fraction of sp³-hybridized carbons (Fsp3) is 0.538. The number of nitrogens with zero attached hydrogens (tertiary/aromatic N) is 1. The first-order valence-corrected chi connectivity index (χ1v) is 6.63. The molecule has 0 aromatic carbocycles. The quantitative estimate of drug-likeness (QED) is 0.750. The molecule has 1 saturated heterocycles. The maximum Gasteiger partial charge on any atom is 0.270 e. The van der Waals surface area contributed by atoms with Crippen molar-refractivity contribution in [3.63, 3.8) is 0 Å². The van der Waals surface area contributed by atoms with Crippen LogP contribution in [0.2, 0.25) is 0 Å². The third-order valence-corrected chi connectivity index (χ3v) is 3.35. The van der Waals surface area contributed by atoms with E-state index in [2.05, 4.69) is 10.3 Å². The molecule has 1 aliphatic heterocycles. The van der Waals surface area contributed by atoms with E-state index in [4.69, 9.17) is 5.73 Å². The number of likely N-dealkylation sites (tertiary alicyclic amines) is 1. The van der Waals surface area contributed by atoms with Crippen molar-refractivity contribution in [1.29, 1.82) is 0 Å². The number of rotatable bonds is 4. The van der Waals surface area contributed by atoms with Gasteiger partial charge in [0, 0.05) is 32.4 Å². The number of halogens is 1. The lowest BCUT2D eigenvalue weighted by Gasteiger charge is -2.31. The van der Waals surface area contributed by atoms with Crippen LogP contribution >= 0.6 is 12.4 Å². The normalized spacial score (nSPS) is 18.2. The van der Waals surface area contributed by atoms with Gasteiger partial charge in [-0.05, 0) is 25.0 Å². The molecule has 1 aromatic heterocycles. The van der Waals surface area contributed by atoms with Crippen LogP contribution in [0.3, 0.4) is 0 Å². The van der Waals surface area contributed by atoms with E-state index in [1.165, 1.54) is 0 Å². The molecule has 1 unspecified atom stereocenters. The highest BCUT2D eigenvalue weighted by molar-refractivity contribution is 5.93. The molecule has 0 spiro atoms. The van der Waals surface area contributed by atoms with Gasteiger partial charge < -0.3 is 20.9 Å². The van der Waals surface area contributed by atoms with Crippen LogP contribution in [0.4, 0.5) is 0 Å². The van der Waals surface area contributed by atoms with E-state index in [1.807, 2.05) is 0 Å². The van der Waals surface area contributed by atoms with Crippen molar-refractivity contribution >= 4 is 24.2 Å². The second-order valence-corrected chi connectivity index (χ2v) is 4.75. The summed E-state index contributed by atoms with van der Waals surface area (Å²) in [7, 11) is 0. The molecule has 1 fully saturated rings. The third kappa shape index (κ3) is 3.98. The average molecular weight is 301 g/mol. The summed E-state index contributed by atoms with van der Waals surface area (Å²) in [6, 6.07) is 3.54. The minimum Gasteiger partial charge on any atom is -0.357 e. The number of hydrogen-bond donors (Lipinski definition) is 3. The number of hydrogen-bond acceptors (Lipinski definition) is 3. The van der Waals surface area contributed by atoms with Gasteiger partial charge in [-0.25, -0.2) is 0 Å². The lowest BCUT2D eigenvalue weighted by molar-refractivity contribution is -0.126. The van der Waals surface area contributed by atoms with Crippen molar-refractivity contribution in [3.8, 4) is 0 Å². The highest BCUT2D eigenvalue weighted by Crippen LogP contribution is 2.18. The molecule has 1 aromatic rings. The highest BCUT2D eigenvalue weighted by Gasteiger charge is 2.28. The minimum absolute atomic E-state index is 0. The molecule has 0 aliphatic carbocycles. The number of H-pyrrole nitrogens is 1. The Labute approximate surface area is 124 Å². The summed E-state index contributed by atoms with van der Waals surface area (Å²) in [6.45, 7) is 2.11. The number of aromatic amines is 1. The first-order chi connectivity index (χ1) is 9.22. The van der Waals surface area contributed by atoms with Gasteiger partial charge in [0.25, 0.3) is 5.91 Å². The fourth-order valence-corrected chi connectivity index (χ4v) is 2.35. The summed E-state index contributed by atoms with van der Waals surface area (Å²) in [5, 5.41) is 2.79. The van der Waals surface area contributed by atoms with Crippen LogP contribution in [0, 0.1) is 5.92 Å². The summed E-state index contributed by atoms with van der Waals surface area (Å²) >= 11 is 0. The Bertz CT molecular complexity index is 436. The molecule has 1 aliphatic rings.